The molecule has 1 saturated heterocycles. The van der Waals surface area contributed by atoms with Crippen LogP contribution in [-0.2, 0) is 26.7 Å². The highest BCUT2D eigenvalue weighted by Crippen LogP contribution is 2.31. The van der Waals surface area contributed by atoms with Crippen LogP contribution in [0.1, 0.15) is 19.0 Å². The molecule has 1 aromatic carbocycles. The van der Waals surface area contributed by atoms with Crippen molar-refractivity contribution in [1.82, 2.24) is 14.1 Å². The third-order valence-corrected chi connectivity index (χ3v) is 7.34. The number of rotatable bonds is 5. The van der Waals surface area contributed by atoms with Crippen LogP contribution in [0.4, 0.5) is 10.1 Å². The van der Waals surface area contributed by atoms with E-state index in [-0.39, 0.29) is 41.2 Å². The van der Waals surface area contributed by atoms with Crippen molar-refractivity contribution in [1.29, 1.82) is 0 Å². The molecule has 0 bridgehead atoms. The second-order valence-corrected chi connectivity index (χ2v) is 8.88. The summed E-state index contributed by atoms with van der Waals surface area (Å²) in [6.07, 6.45) is -0.166. The van der Waals surface area contributed by atoms with E-state index in [1.54, 1.807) is 6.07 Å². The Balaban J connectivity index is 1.89. The maximum atomic E-state index is 13.5. The Bertz CT molecular complexity index is 1090. The normalized spacial score (nSPS) is 17.1. The van der Waals surface area contributed by atoms with Gasteiger partial charge in [-0.3, -0.25) is 14.3 Å². The lowest BCUT2D eigenvalue weighted by molar-refractivity contribution is -0.131. The lowest BCUT2D eigenvalue weighted by atomic mass is 10.1. The Morgan fingerprint density at radius 2 is 2.10 bits per heavy atom. The van der Waals surface area contributed by atoms with Gasteiger partial charge in [-0.25, -0.2) is 17.1 Å². The van der Waals surface area contributed by atoms with Crippen molar-refractivity contribution < 1.29 is 22.4 Å². The molecule has 0 radical (unpaired) electrons. The van der Waals surface area contributed by atoms with E-state index < -0.39 is 27.7 Å². The van der Waals surface area contributed by atoms with Gasteiger partial charge in [-0.1, -0.05) is 17.7 Å². The molecular weight excluding hydrogens is 423 g/mol. The van der Waals surface area contributed by atoms with Crippen LogP contribution < -0.4 is 4.90 Å². The minimum atomic E-state index is -4.26. The SMILES string of the molecule is CCN(C(=O)C1CC(=O)N(c2cccc(F)c2)C1)S(=O)(=O)c1c(C)nn(C)c1Cl. The molecule has 0 aliphatic carbocycles. The quantitative estimate of drug-likeness (QED) is 0.707. The monoisotopic (exact) mass is 442 g/mol. The molecule has 2 amide bonds. The van der Waals surface area contributed by atoms with Crippen molar-refractivity contribution >= 4 is 39.1 Å². The van der Waals surface area contributed by atoms with Gasteiger partial charge in [-0.05, 0) is 32.0 Å². The van der Waals surface area contributed by atoms with Crippen LogP contribution >= 0.6 is 11.6 Å². The number of hydrogen-bond acceptors (Lipinski definition) is 5. The summed E-state index contributed by atoms with van der Waals surface area (Å²) in [7, 11) is -2.76. The maximum absolute atomic E-state index is 13.5. The zero-order chi connectivity index (χ0) is 21.5. The lowest BCUT2D eigenvalue weighted by Gasteiger charge is -2.24. The lowest BCUT2D eigenvalue weighted by Crippen LogP contribution is -2.41. The molecule has 0 spiro atoms. The third-order valence-electron chi connectivity index (χ3n) is 4.78. The average Bonchev–Trinajstić information content (AvgIpc) is 3.15. The molecule has 11 heteroatoms. The molecule has 1 aliphatic heterocycles. The molecule has 0 N–H and O–H groups in total. The number of halogens is 2. The molecule has 1 aliphatic rings. The first-order chi connectivity index (χ1) is 13.6. The number of amides is 2. The average molecular weight is 443 g/mol. The zero-order valence-corrected chi connectivity index (χ0v) is 17.7. The van der Waals surface area contributed by atoms with Crippen molar-refractivity contribution in [3.8, 4) is 0 Å². The fourth-order valence-electron chi connectivity index (χ4n) is 3.43. The maximum Gasteiger partial charge on any atom is 0.271 e. The summed E-state index contributed by atoms with van der Waals surface area (Å²) in [5.41, 5.74) is 0.495. The van der Waals surface area contributed by atoms with Gasteiger partial charge in [-0.15, -0.1) is 0 Å². The molecule has 8 nitrogen and oxygen atoms in total. The Labute approximate surface area is 172 Å². The van der Waals surface area contributed by atoms with E-state index in [4.69, 9.17) is 11.6 Å². The number of benzene rings is 1. The van der Waals surface area contributed by atoms with Gasteiger partial charge in [-0.2, -0.15) is 5.10 Å². The topological polar surface area (TPSA) is 92.6 Å². The van der Waals surface area contributed by atoms with Crippen LogP contribution in [0.2, 0.25) is 5.15 Å². The molecule has 156 valence electrons. The van der Waals surface area contributed by atoms with Crippen LogP contribution in [0.3, 0.4) is 0 Å². The molecule has 2 aromatic rings. The number of aromatic nitrogens is 2. The van der Waals surface area contributed by atoms with Crippen molar-refractivity contribution in [2.75, 3.05) is 18.0 Å². The van der Waals surface area contributed by atoms with Crippen LogP contribution in [0, 0.1) is 18.7 Å². The van der Waals surface area contributed by atoms with Gasteiger partial charge in [0.15, 0.2) is 0 Å². The van der Waals surface area contributed by atoms with Crippen molar-refractivity contribution in [2.24, 2.45) is 13.0 Å². The summed E-state index contributed by atoms with van der Waals surface area (Å²) in [6, 6.07) is 5.46. The van der Waals surface area contributed by atoms with Crippen molar-refractivity contribution in [3.63, 3.8) is 0 Å². The van der Waals surface area contributed by atoms with E-state index in [2.05, 4.69) is 5.10 Å². The first-order valence-corrected chi connectivity index (χ1v) is 10.7. The van der Waals surface area contributed by atoms with E-state index in [1.165, 1.54) is 48.7 Å². The molecule has 2 heterocycles. The third kappa shape index (κ3) is 3.74. The number of sulfonamides is 1. The molecular formula is C18H20ClFN4O4S. The van der Waals surface area contributed by atoms with Crippen LogP contribution in [0.5, 0.6) is 0 Å². The smallest absolute Gasteiger partial charge is 0.271 e. The zero-order valence-electron chi connectivity index (χ0n) is 16.1. The summed E-state index contributed by atoms with van der Waals surface area (Å²) in [5, 5.41) is 3.89. The van der Waals surface area contributed by atoms with E-state index in [0.717, 1.165) is 4.31 Å². The van der Waals surface area contributed by atoms with Crippen LogP contribution in [0.25, 0.3) is 0 Å². The van der Waals surface area contributed by atoms with Gasteiger partial charge >= 0.3 is 0 Å². The summed E-state index contributed by atoms with van der Waals surface area (Å²) in [5.74, 6) is -2.47. The molecule has 1 atom stereocenters. The Kier molecular flexibility index (Phi) is 5.68. The van der Waals surface area contributed by atoms with Gasteiger partial charge in [0.05, 0.1) is 11.6 Å². The van der Waals surface area contributed by atoms with E-state index >= 15 is 0 Å². The Morgan fingerprint density at radius 1 is 1.41 bits per heavy atom. The highest BCUT2D eigenvalue weighted by atomic mass is 35.5. The Hall–Kier alpha value is -2.46. The van der Waals surface area contributed by atoms with Gasteiger partial charge in [0.1, 0.15) is 15.9 Å². The molecule has 1 fully saturated rings. The first kappa shape index (κ1) is 21.3. The van der Waals surface area contributed by atoms with E-state index in [9.17, 15) is 22.4 Å². The van der Waals surface area contributed by atoms with Gasteiger partial charge in [0, 0.05) is 32.2 Å². The number of aryl methyl sites for hydroxylation is 2. The number of carbonyl (C=O) groups is 2. The summed E-state index contributed by atoms with van der Waals surface area (Å²) in [4.78, 5) is 26.5. The molecule has 1 aromatic heterocycles. The second kappa shape index (κ2) is 7.75. The van der Waals surface area contributed by atoms with Gasteiger partial charge in [0.2, 0.25) is 11.8 Å². The van der Waals surface area contributed by atoms with E-state index in [1.807, 2.05) is 0 Å². The highest BCUT2D eigenvalue weighted by Gasteiger charge is 2.42. The Morgan fingerprint density at radius 3 is 2.66 bits per heavy atom. The fraction of sp³-hybridized carbons (Fsp3) is 0.389. The first-order valence-electron chi connectivity index (χ1n) is 8.89. The predicted molar refractivity (Wildman–Crippen MR) is 104 cm³/mol. The van der Waals surface area contributed by atoms with Crippen molar-refractivity contribution in [2.45, 2.75) is 25.2 Å². The minimum Gasteiger partial charge on any atom is -0.311 e. The molecule has 3 rings (SSSR count). The molecule has 1 unspecified atom stereocenters. The van der Waals surface area contributed by atoms with Crippen molar-refractivity contribution in [3.05, 3.63) is 40.9 Å². The second-order valence-electron chi connectivity index (χ2n) is 6.72. The standard InChI is InChI=1S/C18H20ClFN4O4S/c1-4-24(29(27,28)16-11(2)21-22(3)17(16)19)18(26)12-8-15(25)23(10-12)14-7-5-6-13(20)9-14/h5-7,9,12H,4,8,10H2,1-3H3. The highest BCUT2D eigenvalue weighted by molar-refractivity contribution is 7.89. The van der Waals surface area contributed by atoms with Gasteiger partial charge < -0.3 is 4.90 Å². The number of nitrogens with zero attached hydrogens (tertiary/aromatic N) is 4. The summed E-state index contributed by atoms with van der Waals surface area (Å²) >= 11 is 6.09. The summed E-state index contributed by atoms with van der Waals surface area (Å²) < 4.78 is 41.7. The molecule has 29 heavy (non-hydrogen) atoms. The largest absolute Gasteiger partial charge is 0.311 e. The van der Waals surface area contributed by atoms with Gasteiger partial charge in [0.25, 0.3) is 10.0 Å². The minimum absolute atomic E-state index is 0.0348. The number of anilines is 1. The van der Waals surface area contributed by atoms with E-state index in [0.29, 0.717) is 5.69 Å². The summed E-state index contributed by atoms with van der Waals surface area (Å²) in [6.45, 7) is 2.85. The fourth-order valence-corrected chi connectivity index (χ4v) is 5.60. The van der Waals surface area contributed by atoms with Crippen LogP contribution in [0.15, 0.2) is 29.2 Å². The number of carbonyl (C=O) groups excluding carboxylic acids is 2. The predicted octanol–water partition coefficient (Wildman–Crippen LogP) is 2.11. The molecule has 0 saturated carbocycles. The van der Waals surface area contributed by atoms with Crippen LogP contribution in [-0.4, -0.2) is 47.4 Å². The number of hydrogen-bond donors (Lipinski definition) is 0.